The van der Waals surface area contributed by atoms with Crippen molar-refractivity contribution in [3.05, 3.63) is 107 Å². The number of nitrogens with one attached hydrogen (secondary N) is 1. The van der Waals surface area contributed by atoms with Crippen LogP contribution in [0.5, 0.6) is 0 Å². The summed E-state index contributed by atoms with van der Waals surface area (Å²) < 4.78 is 112. The van der Waals surface area contributed by atoms with Crippen LogP contribution in [0.2, 0.25) is 0 Å². The number of rotatable bonds is 7. The van der Waals surface area contributed by atoms with Gasteiger partial charge >= 0.3 is 0 Å². The number of nitrogens with zero attached hydrogens (tertiary/aromatic N) is 2. The van der Waals surface area contributed by atoms with Gasteiger partial charge in [-0.15, -0.1) is 0 Å². The second kappa shape index (κ2) is 9.57. The third-order valence-electron chi connectivity index (χ3n) is 5.69. The van der Waals surface area contributed by atoms with Crippen LogP contribution in [0.15, 0.2) is 83.6 Å². The number of allylic oxidation sites excluding steroid dienone is 3. The maximum Gasteiger partial charge on any atom is 0.263 e. The lowest BCUT2D eigenvalue weighted by Crippen LogP contribution is -2.38. The predicted molar refractivity (Wildman–Crippen MR) is 131 cm³/mol. The fourth-order valence-electron chi connectivity index (χ4n) is 3.55. The van der Waals surface area contributed by atoms with E-state index in [0.717, 1.165) is 24.5 Å². The van der Waals surface area contributed by atoms with Crippen LogP contribution in [0.3, 0.4) is 0 Å². The summed E-state index contributed by atoms with van der Waals surface area (Å²) in [6, 6.07) is 8.41. The standard InChI is InChI=1S/C25H20F3N3O4S2/c1-25(8-5-17(6-9-25)11-18-3-2-4-20(26)12-18)37(34,35)31-10-7-21(16-31)36(32,33)30-24-14-22(27)19(15-29)13-23(24)28/h2-8,10,12-14,16,30H,9,11H2,1H3/i11D2. The summed E-state index contributed by atoms with van der Waals surface area (Å²) in [6.07, 6.45) is 3.43. The number of aromatic nitrogens is 1. The molecule has 0 saturated heterocycles. The molecule has 0 amide bonds. The molecule has 1 atom stereocenters. The van der Waals surface area contributed by atoms with Crippen molar-refractivity contribution < 1.29 is 32.7 Å². The quantitative estimate of drug-likeness (QED) is 0.462. The Morgan fingerprint density at radius 1 is 1.14 bits per heavy atom. The highest BCUT2D eigenvalue weighted by Crippen LogP contribution is 2.32. The van der Waals surface area contributed by atoms with E-state index >= 15 is 0 Å². The molecule has 2 aromatic carbocycles. The summed E-state index contributed by atoms with van der Waals surface area (Å²) in [5.74, 6) is -2.98. The van der Waals surface area contributed by atoms with Crippen molar-refractivity contribution in [2.24, 2.45) is 0 Å². The Bertz CT molecular complexity index is 1800. The SMILES string of the molecule is [2H]C([2H])(C1=CCC(C)(S(=O)(=O)n2ccc(S(=O)(=O)Nc3cc(F)c(C#N)cc3F)c2)C=C1)c1cccc(F)c1. The van der Waals surface area contributed by atoms with Crippen LogP contribution in [-0.4, -0.2) is 25.6 Å². The first-order chi connectivity index (χ1) is 18.1. The fraction of sp³-hybridized carbons (Fsp3) is 0.160. The van der Waals surface area contributed by atoms with Crippen LogP contribution in [0.25, 0.3) is 0 Å². The molecule has 1 aliphatic carbocycles. The van der Waals surface area contributed by atoms with Crippen LogP contribution in [0.4, 0.5) is 18.9 Å². The highest BCUT2D eigenvalue weighted by atomic mass is 32.2. The summed E-state index contributed by atoms with van der Waals surface area (Å²) in [6.45, 7) is 1.37. The lowest BCUT2D eigenvalue weighted by Gasteiger charge is -2.28. The number of sulfonamides is 1. The lowest BCUT2D eigenvalue weighted by molar-refractivity contribution is 0.552. The molecule has 0 bridgehead atoms. The van der Waals surface area contributed by atoms with Gasteiger partial charge in [-0.25, -0.2) is 30.0 Å². The zero-order valence-electron chi connectivity index (χ0n) is 21.1. The minimum atomic E-state index is -4.56. The molecule has 7 nitrogen and oxygen atoms in total. The Kier molecular flexibility index (Phi) is 6.10. The van der Waals surface area contributed by atoms with Crippen molar-refractivity contribution in [2.75, 3.05) is 4.72 Å². The Labute approximate surface area is 215 Å². The Hall–Kier alpha value is -3.82. The third kappa shape index (κ3) is 5.19. The Balaban J connectivity index is 1.59. The molecule has 1 aliphatic rings. The zero-order valence-corrected chi connectivity index (χ0v) is 20.7. The molecule has 0 radical (unpaired) electrons. The van der Waals surface area contributed by atoms with Crippen LogP contribution in [-0.2, 0) is 26.4 Å². The predicted octanol–water partition coefficient (Wildman–Crippen LogP) is 4.64. The van der Waals surface area contributed by atoms with E-state index in [1.807, 2.05) is 4.72 Å². The first-order valence-corrected chi connectivity index (χ1v) is 13.5. The highest BCUT2D eigenvalue weighted by molar-refractivity contribution is 7.93. The first-order valence-electron chi connectivity index (χ1n) is 11.6. The largest absolute Gasteiger partial charge is 0.276 e. The minimum Gasteiger partial charge on any atom is -0.276 e. The van der Waals surface area contributed by atoms with Crippen molar-refractivity contribution in [1.82, 2.24) is 3.97 Å². The van der Waals surface area contributed by atoms with E-state index < -0.39 is 64.8 Å². The number of halogens is 3. The van der Waals surface area contributed by atoms with Crippen molar-refractivity contribution >= 4 is 25.7 Å². The zero-order chi connectivity index (χ0) is 28.8. The van der Waals surface area contributed by atoms with E-state index in [-0.39, 0.29) is 17.6 Å². The van der Waals surface area contributed by atoms with Crippen LogP contribution in [0, 0.1) is 28.8 Å². The van der Waals surface area contributed by atoms with Gasteiger partial charge in [-0.1, -0.05) is 30.4 Å². The molecule has 12 heteroatoms. The maximum absolute atomic E-state index is 14.2. The molecule has 1 aromatic heterocycles. The van der Waals surface area contributed by atoms with Gasteiger partial charge in [0.15, 0.2) is 0 Å². The summed E-state index contributed by atoms with van der Waals surface area (Å²) >= 11 is 0. The van der Waals surface area contributed by atoms with E-state index in [1.165, 1.54) is 49.4 Å². The average molecular weight is 550 g/mol. The van der Waals surface area contributed by atoms with Crippen LogP contribution in [0.1, 0.15) is 27.2 Å². The van der Waals surface area contributed by atoms with Crippen molar-refractivity contribution in [2.45, 2.75) is 29.4 Å². The van der Waals surface area contributed by atoms with Crippen LogP contribution < -0.4 is 4.72 Å². The number of nitriles is 1. The molecule has 0 spiro atoms. The molecule has 0 fully saturated rings. The van der Waals surface area contributed by atoms with Gasteiger partial charge in [-0.2, -0.15) is 5.26 Å². The van der Waals surface area contributed by atoms with Crippen molar-refractivity contribution in [3.8, 4) is 6.07 Å². The number of benzene rings is 2. The number of hydrogen-bond donors (Lipinski definition) is 1. The normalized spacial score (nSPS) is 18.9. The molecule has 1 heterocycles. The molecular weight excluding hydrogens is 527 g/mol. The van der Waals surface area contributed by atoms with Gasteiger partial charge in [0.25, 0.3) is 10.0 Å². The topological polar surface area (TPSA) is 109 Å². The molecule has 1 N–H and O–H groups in total. The summed E-state index contributed by atoms with van der Waals surface area (Å²) in [7, 11) is -8.86. The minimum absolute atomic E-state index is 0.0520. The molecule has 37 heavy (non-hydrogen) atoms. The van der Waals surface area contributed by atoms with E-state index in [4.69, 9.17) is 8.00 Å². The molecule has 1 unspecified atom stereocenters. The van der Waals surface area contributed by atoms with E-state index in [9.17, 15) is 30.0 Å². The molecule has 3 aromatic rings. The molecule has 4 rings (SSSR count). The smallest absolute Gasteiger partial charge is 0.263 e. The molecule has 192 valence electrons. The number of hydrogen-bond acceptors (Lipinski definition) is 5. The monoisotopic (exact) mass is 549 g/mol. The lowest BCUT2D eigenvalue weighted by atomic mass is 9.94. The van der Waals surface area contributed by atoms with Gasteiger partial charge in [0.05, 0.1) is 11.3 Å². The molecule has 0 aliphatic heterocycles. The Morgan fingerprint density at radius 3 is 2.54 bits per heavy atom. The second-order valence-corrected chi connectivity index (χ2v) is 12.3. The van der Waals surface area contributed by atoms with Crippen molar-refractivity contribution in [3.63, 3.8) is 0 Å². The fourth-order valence-corrected chi connectivity index (χ4v) is 6.17. The van der Waals surface area contributed by atoms with Crippen LogP contribution >= 0.6 is 0 Å². The molecular formula is C25H20F3N3O4S2. The van der Waals surface area contributed by atoms with Gasteiger partial charge in [-0.05, 0) is 55.1 Å². The summed E-state index contributed by atoms with van der Waals surface area (Å²) in [5.41, 5.74) is -1.22. The summed E-state index contributed by atoms with van der Waals surface area (Å²) in [5, 5.41) is 8.77. The van der Waals surface area contributed by atoms with Gasteiger partial charge < -0.3 is 0 Å². The van der Waals surface area contributed by atoms with Gasteiger partial charge in [-0.3, -0.25) is 8.69 Å². The third-order valence-corrected chi connectivity index (χ3v) is 9.31. The van der Waals surface area contributed by atoms with Gasteiger partial charge in [0.1, 0.15) is 33.2 Å². The van der Waals surface area contributed by atoms with E-state index in [2.05, 4.69) is 0 Å². The number of anilines is 1. The van der Waals surface area contributed by atoms with E-state index in [0.29, 0.717) is 16.1 Å². The first kappa shape index (κ1) is 23.6. The average Bonchev–Trinajstić information content (AvgIpc) is 3.38. The summed E-state index contributed by atoms with van der Waals surface area (Å²) in [4.78, 5) is -0.558. The van der Waals surface area contributed by atoms with E-state index in [1.54, 1.807) is 0 Å². The second-order valence-electron chi connectivity index (χ2n) is 8.36. The highest BCUT2D eigenvalue weighted by Gasteiger charge is 2.39. The Morgan fingerprint density at radius 2 is 1.89 bits per heavy atom. The maximum atomic E-state index is 14.2. The van der Waals surface area contributed by atoms with Gasteiger partial charge in [0, 0.05) is 21.2 Å². The van der Waals surface area contributed by atoms with Crippen molar-refractivity contribution in [1.29, 1.82) is 5.26 Å². The van der Waals surface area contributed by atoms with Gasteiger partial charge in [0.2, 0.25) is 10.0 Å². The molecule has 0 saturated carbocycles.